The Kier molecular flexibility index (Phi) is 5.60. The van der Waals surface area contributed by atoms with E-state index in [-0.39, 0.29) is 16.9 Å². The van der Waals surface area contributed by atoms with Gasteiger partial charge in [-0.25, -0.2) is 4.98 Å². The normalized spacial score (nSPS) is 11.4. The maximum absolute atomic E-state index is 12.0. The van der Waals surface area contributed by atoms with Crippen molar-refractivity contribution < 1.29 is 4.79 Å². The quantitative estimate of drug-likeness (QED) is 0.816. The summed E-state index contributed by atoms with van der Waals surface area (Å²) in [5.41, 5.74) is 6.02. The lowest BCUT2D eigenvalue weighted by Gasteiger charge is -2.25. The molecule has 0 bridgehead atoms. The summed E-state index contributed by atoms with van der Waals surface area (Å²) in [5, 5.41) is 3.17. The summed E-state index contributed by atoms with van der Waals surface area (Å²) < 4.78 is 0. The zero-order chi connectivity index (χ0) is 14.6. The molecule has 1 aromatic rings. The van der Waals surface area contributed by atoms with Crippen LogP contribution in [0.5, 0.6) is 0 Å². The van der Waals surface area contributed by atoms with E-state index in [9.17, 15) is 4.79 Å². The molecule has 0 saturated heterocycles. The number of anilines is 1. The van der Waals surface area contributed by atoms with E-state index in [0.29, 0.717) is 29.9 Å². The predicted molar refractivity (Wildman–Crippen MR) is 79.2 cm³/mol. The van der Waals surface area contributed by atoms with E-state index in [4.69, 9.17) is 17.3 Å². The molecule has 106 valence electrons. The Morgan fingerprint density at radius 2 is 1.89 bits per heavy atom. The number of carbonyl (C=O) groups excluding carboxylic acids is 1. The van der Waals surface area contributed by atoms with Crippen LogP contribution in [0.3, 0.4) is 0 Å². The van der Waals surface area contributed by atoms with Crippen LogP contribution in [0.15, 0.2) is 12.1 Å². The molecular formula is C14H22ClN3O. The average molecular weight is 284 g/mol. The van der Waals surface area contributed by atoms with Crippen LogP contribution < -0.4 is 11.1 Å². The second-order valence-electron chi connectivity index (χ2n) is 5.47. The van der Waals surface area contributed by atoms with Crippen LogP contribution in [0.4, 0.5) is 5.82 Å². The Morgan fingerprint density at radius 3 is 2.37 bits per heavy atom. The van der Waals surface area contributed by atoms with Crippen molar-refractivity contribution in [1.29, 1.82) is 0 Å². The number of hydrogen-bond acceptors (Lipinski definition) is 3. The van der Waals surface area contributed by atoms with E-state index in [1.807, 2.05) is 0 Å². The molecule has 0 saturated carbocycles. The first kappa shape index (κ1) is 15.8. The van der Waals surface area contributed by atoms with Gasteiger partial charge in [0.15, 0.2) is 0 Å². The van der Waals surface area contributed by atoms with Gasteiger partial charge >= 0.3 is 0 Å². The van der Waals surface area contributed by atoms with Crippen LogP contribution >= 0.6 is 11.6 Å². The largest absolute Gasteiger partial charge is 0.384 e. The highest BCUT2D eigenvalue weighted by atomic mass is 35.5. The third kappa shape index (κ3) is 4.71. The second kappa shape index (κ2) is 6.75. The number of aromatic nitrogens is 1. The summed E-state index contributed by atoms with van der Waals surface area (Å²) in [6.07, 6.45) is 0. The number of rotatable bonds is 5. The van der Waals surface area contributed by atoms with Gasteiger partial charge in [-0.05, 0) is 29.9 Å². The number of nitrogen functional groups attached to an aromatic ring is 1. The molecule has 0 aliphatic heterocycles. The highest BCUT2D eigenvalue weighted by Crippen LogP contribution is 2.19. The molecule has 0 aromatic carbocycles. The fourth-order valence-electron chi connectivity index (χ4n) is 2.20. The van der Waals surface area contributed by atoms with Crippen molar-refractivity contribution in [2.75, 3.05) is 12.3 Å². The highest BCUT2D eigenvalue weighted by Gasteiger charge is 2.18. The van der Waals surface area contributed by atoms with Gasteiger partial charge in [0.25, 0.3) is 5.91 Å². The van der Waals surface area contributed by atoms with E-state index in [0.717, 1.165) is 0 Å². The average Bonchev–Trinajstić information content (AvgIpc) is 2.26. The molecule has 0 unspecified atom stereocenters. The van der Waals surface area contributed by atoms with E-state index < -0.39 is 0 Å². The van der Waals surface area contributed by atoms with Crippen molar-refractivity contribution in [1.82, 2.24) is 10.3 Å². The van der Waals surface area contributed by atoms with E-state index in [1.54, 1.807) is 0 Å². The van der Waals surface area contributed by atoms with Crippen LogP contribution in [0, 0.1) is 17.8 Å². The van der Waals surface area contributed by atoms with Crippen molar-refractivity contribution in [3.05, 3.63) is 22.8 Å². The van der Waals surface area contributed by atoms with Crippen LogP contribution in [0.1, 0.15) is 38.1 Å². The Bertz CT molecular complexity index is 418. The van der Waals surface area contributed by atoms with Crippen molar-refractivity contribution in [2.45, 2.75) is 27.7 Å². The van der Waals surface area contributed by atoms with Gasteiger partial charge in [-0.3, -0.25) is 4.79 Å². The number of carbonyl (C=O) groups is 1. The number of nitrogens with one attached hydrogen (secondary N) is 1. The summed E-state index contributed by atoms with van der Waals surface area (Å²) in [6.45, 7) is 9.31. The molecule has 0 spiro atoms. The van der Waals surface area contributed by atoms with Gasteiger partial charge in [0.1, 0.15) is 11.0 Å². The fourth-order valence-corrected chi connectivity index (χ4v) is 2.42. The number of halogens is 1. The number of amides is 1. The summed E-state index contributed by atoms with van der Waals surface area (Å²) in [7, 11) is 0. The number of pyridine rings is 1. The molecule has 0 atom stereocenters. The molecule has 1 heterocycles. The molecule has 1 amide bonds. The van der Waals surface area contributed by atoms with Crippen LogP contribution in [0.2, 0.25) is 5.15 Å². The minimum atomic E-state index is -0.165. The second-order valence-corrected chi connectivity index (χ2v) is 5.85. The third-order valence-corrected chi connectivity index (χ3v) is 3.48. The van der Waals surface area contributed by atoms with E-state index in [1.165, 1.54) is 12.1 Å². The smallest absolute Gasteiger partial charge is 0.251 e. The minimum absolute atomic E-state index is 0.165. The molecule has 1 aromatic heterocycles. The minimum Gasteiger partial charge on any atom is -0.384 e. The van der Waals surface area contributed by atoms with Gasteiger partial charge in [-0.15, -0.1) is 0 Å². The molecular weight excluding hydrogens is 262 g/mol. The monoisotopic (exact) mass is 283 g/mol. The molecule has 5 heteroatoms. The number of nitrogens with zero attached hydrogens (tertiary/aromatic N) is 1. The zero-order valence-electron chi connectivity index (χ0n) is 11.9. The first-order valence-electron chi connectivity index (χ1n) is 6.52. The molecule has 4 nitrogen and oxygen atoms in total. The van der Waals surface area contributed by atoms with Crippen LogP contribution in [-0.2, 0) is 0 Å². The Morgan fingerprint density at radius 1 is 1.32 bits per heavy atom. The maximum Gasteiger partial charge on any atom is 0.251 e. The molecule has 3 N–H and O–H groups in total. The van der Waals surface area contributed by atoms with Gasteiger partial charge in [-0.2, -0.15) is 0 Å². The van der Waals surface area contributed by atoms with E-state index >= 15 is 0 Å². The molecule has 19 heavy (non-hydrogen) atoms. The van der Waals surface area contributed by atoms with Crippen molar-refractivity contribution in [3.63, 3.8) is 0 Å². The van der Waals surface area contributed by atoms with Gasteiger partial charge in [0, 0.05) is 12.1 Å². The lowest BCUT2D eigenvalue weighted by molar-refractivity contribution is 0.0937. The molecule has 0 radical (unpaired) electrons. The first-order chi connectivity index (χ1) is 8.81. The molecule has 1 rings (SSSR count). The lowest BCUT2D eigenvalue weighted by atomic mass is 9.85. The number of hydrogen-bond donors (Lipinski definition) is 2. The van der Waals surface area contributed by atoms with Crippen molar-refractivity contribution in [2.24, 2.45) is 17.8 Å². The summed E-state index contributed by atoms with van der Waals surface area (Å²) >= 11 is 5.79. The standard InChI is InChI=1S/C14H22ClN3O/c1-8(2)11(9(3)4)7-17-14(19)10-5-12(15)18-13(16)6-10/h5-6,8-9,11H,7H2,1-4H3,(H2,16,18)(H,17,19). The molecule has 0 aliphatic rings. The summed E-state index contributed by atoms with van der Waals surface area (Å²) in [4.78, 5) is 15.9. The SMILES string of the molecule is CC(C)C(CNC(=O)c1cc(N)nc(Cl)c1)C(C)C. The van der Waals surface area contributed by atoms with Gasteiger partial charge in [-0.1, -0.05) is 39.3 Å². The summed E-state index contributed by atoms with van der Waals surface area (Å²) in [6, 6.07) is 3.05. The highest BCUT2D eigenvalue weighted by molar-refractivity contribution is 6.29. The zero-order valence-corrected chi connectivity index (χ0v) is 12.7. The number of nitrogens with two attached hydrogens (primary N) is 1. The van der Waals surface area contributed by atoms with E-state index in [2.05, 4.69) is 38.0 Å². The van der Waals surface area contributed by atoms with Gasteiger partial charge in [0.2, 0.25) is 0 Å². The first-order valence-corrected chi connectivity index (χ1v) is 6.90. The fraction of sp³-hybridized carbons (Fsp3) is 0.571. The van der Waals surface area contributed by atoms with Crippen LogP contribution in [0.25, 0.3) is 0 Å². The van der Waals surface area contributed by atoms with Crippen molar-refractivity contribution >= 4 is 23.3 Å². The Labute approximate surface area is 119 Å². The molecule has 0 fully saturated rings. The topological polar surface area (TPSA) is 68.0 Å². The lowest BCUT2D eigenvalue weighted by Crippen LogP contribution is -2.34. The van der Waals surface area contributed by atoms with Crippen LogP contribution in [-0.4, -0.2) is 17.4 Å². The summed E-state index contributed by atoms with van der Waals surface area (Å²) in [5.74, 6) is 1.57. The van der Waals surface area contributed by atoms with Gasteiger partial charge in [0.05, 0.1) is 0 Å². The molecule has 0 aliphatic carbocycles. The Hall–Kier alpha value is -1.29. The third-order valence-electron chi connectivity index (χ3n) is 3.29. The van der Waals surface area contributed by atoms with Gasteiger partial charge < -0.3 is 11.1 Å². The maximum atomic E-state index is 12.0. The predicted octanol–water partition coefficient (Wildman–Crippen LogP) is 2.98. The Balaban J connectivity index is 2.69. The van der Waals surface area contributed by atoms with Crippen molar-refractivity contribution in [3.8, 4) is 0 Å².